The van der Waals surface area contributed by atoms with E-state index in [1.165, 1.54) is 0 Å². The summed E-state index contributed by atoms with van der Waals surface area (Å²) in [4.78, 5) is 0. The van der Waals surface area contributed by atoms with Crippen molar-refractivity contribution in [2.24, 2.45) is 5.73 Å². The summed E-state index contributed by atoms with van der Waals surface area (Å²) in [5, 5.41) is 0. The molecular formula is C15H24N2O2S. The van der Waals surface area contributed by atoms with Crippen LogP contribution in [0, 0.1) is 0 Å². The predicted molar refractivity (Wildman–Crippen MR) is 83.4 cm³/mol. The maximum Gasteiger partial charge on any atom is 0.240 e. The van der Waals surface area contributed by atoms with Crippen LogP contribution in [0.4, 0.5) is 5.69 Å². The molecule has 2 N–H and O–H groups in total. The third-order valence-electron chi connectivity index (χ3n) is 3.77. The average molecular weight is 296 g/mol. The Morgan fingerprint density at radius 1 is 1.30 bits per heavy atom. The van der Waals surface area contributed by atoms with Gasteiger partial charge in [-0.15, -0.1) is 0 Å². The second-order valence-electron chi connectivity index (χ2n) is 6.47. The van der Waals surface area contributed by atoms with E-state index in [1.807, 2.05) is 25.1 Å². The van der Waals surface area contributed by atoms with Gasteiger partial charge in [0, 0.05) is 12.6 Å². The fourth-order valence-corrected chi connectivity index (χ4v) is 3.91. The summed E-state index contributed by atoms with van der Waals surface area (Å²) in [6.07, 6.45) is 1.76. The highest BCUT2D eigenvalue weighted by Crippen LogP contribution is 2.34. The van der Waals surface area contributed by atoms with E-state index in [4.69, 9.17) is 5.73 Å². The maximum atomic E-state index is 12.7. The average Bonchev–Trinajstić information content (AvgIpc) is 2.35. The molecule has 0 amide bonds. The van der Waals surface area contributed by atoms with Crippen LogP contribution in [0.2, 0.25) is 0 Å². The predicted octanol–water partition coefficient (Wildman–Crippen LogP) is 2.59. The molecule has 0 aromatic heterocycles. The van der Waals surface area contributed by atoms with Gasteiger partial charge < -0.3 is 5.73 Å². The van der Waals surface area contributed by atoms with Crippen molar-refractivity contribution in [1.29, 1.82) is 0 Å². The Morgan fingerprint density at radius 2 is 1.95 bits per heavy atom. The highest BCUT2D eigenvalue weighted by molar-refractivity contribution is 7.94. The molecule has 0 radical (unpaired) electrons. The minimum absolute atomic E-state index is 0.0325. The van der Waals surface area contributed by atoms with E-state index >= 15 is 0 Å². The van der Waals surface area contributed by atoms with E-state index in [0.29, 0.717) is 6.54 Å². The molecule has 0 saturated heterocycles. The number of nitrogens with zero attached hydrogens (tertiary/aromatic N) is 1. The normalized spacial score (nSPS) is 17.8. The van der Waals surface area contributed by atoms with Gasteiger partial charge in [0.15, 0.2) is 0 Å². The Bertz CT molecular complexity index is 601. The number of nitrogens with two attached hydrogens (primary N) is 1. The van der Waals surface area contributed by atoms with Crippen LogP contribution >= 0.6 is 0 Å². The van der Waals surface area contributed by atoms with Crippen LogP contribution in [0.1, 0.15) is 51.3 Å². The van der Waals surface area contributed by atoms with Crippen molar-refractivity contribution in [2.45, 2.75) is 51.3 Å². The van der Waals surface area contributed by atoms with Gasteiger partial charge in [0.25, 0.3) is 0 Å². The lowest BCUT2D eigenvalue weighted by Crippen LogP contribution is -2.45. The Kier molecular flexibility index (Phi) is 3.86. The number of benzene rings is 1. The molecule has 4 nitrogen and oxygen atoms in total. The van der Waals surface area contributed by atoms with Crippen molar-refractivity contribution in [3.8, 4) is 0 Å². The van der Waals surface area contributed by atoms with Crippen LogP contribution in [-0.2, 0) is 16.4 Å². The van der Waals surface area contributed by atoms with E-state index in [9.17, 15) is 8.42 Å². The molecule has 1 aliphatic heterocycles. The summed E-state index contributed by atoms with van der Waals surface area (Å²) in [5.74, 6) is 0. The minimum atomic E-state index is -3.34. The van der Waals surface area contributed by atoms with Gasteiger partial charge in [-0.3, -0.25) is 4.31 Å². The fourth-order valence-electron chi connectivity index (χ4n) is 2.45. The third-order valence-corrected chi connectivity index (χ3v) is 6.28. The second kappa shape index (κ2) is 5.04. The molecule has 1 aromatic rings. The molecule has 0 bridgehead atoms. The van der Waals surface area contributed by atoms with Crippen molar-refractivity contribution in [1.82, 2.24) is 0 Å². The van der Waals surface area contributed by atoms with Gasteiger partial charge in [-0.1, -0.05) is 12.1 Å². The monoisotopic (exact) mass is 296 g/mol. The standard InChI is InChI=1S/C15H24N2O2S/c1-11(16)12-7-8-14-13(10-12)6-5-9-17(14)20(18,19)15(2,3)4/h7-8,10-11H,5-6,9,16H2,1-4H3. The van der Waals surface area contributed by atoms with Gasteiger partial charge in [-0.2, -0.15) is 0 Å². The van der Waals surface area contributed by atoms with Gasteiger partial charge in [-0.25, -0.2) is 8.42 Å². The summed E-state index contributed by atoms with van der Waals surface area (Å²) in [6, 6.07) is 5.84. The lowest BCUT2D eigenvalue weighted by atomic mass is 9.98. The number of hydrogen-bond donors (Lipinski definition) is 1. The summed E-state index contributed by atoms with van der Waals surface area (Å²) < 4.78 is 26.2. The zero-order valence-electron chi connectivity index (χ0n) is 12.7. The smallest absolute Gasteiger partial charge is 0.240 e. The Balaban J connectivity index is 2.49. The van der Waals surface area contributed by atoms with Crippen LogP contribution in [0.5, 0.6) is 0 Å². The maximum absolute atomic E-state index is 12.7. The topological polar surface area (TPSA) is 63.4 Å². The van der Waals surface area contributed by atoms with Crippen molar-refractivity contribution in [3.05, 3.63) is 29.3 Å². The number of hydrogen-bond acceptors (Lipinski definition) is 3. The lowest BCUT2D eigenvalue weighted by molar-refractivity contribution is 0.551. The first-order chi connectivity index (χ1) is 9.14. The SMILES string of the molecule is CC(N)c1ccc2c(c1)CCCN2S(=O)(=O)C(C)(C)C. The van der Waals surface area contributed by atoms with Crippen molar-refractivity contribution >= 4 is 15.7 Å². The zero-order valence-corrected chi connectivity index (χ0v) is 13.5. The molecule has 1 atom stereocenters. The Hall–Kier alpha value is -1.07. The molecule has 1 heterocycles. The number of fused-ring (bicyclic) bond motifs is 1. The van der Waals surface area contributed by atoms with Gasteiger partial charge >= 0.3 is 0 Å². The van der Waals surface area contributed by atoms with E-state index in [0.717, 1.165) is 29.7 Å². The highest BCUT2D eigenvalue weighted by Gasteiger charge is 2.37. The van der Waals surface area contributed by atoms with Crippen LogP contribution in [0.15, 0.2) is 18.2 Å². The van der Waals surface area contributed by atoms with E-state index < -0.39 is 14.8 Å². The Morgan fingerprint density at radius 3 is 2.50 bits per heavy atom. The van der Waals surface area contributed by atoms with E-state index in [1.54, 1.807) is 25.1 Å². The summed E-state index contributed by atoms with van der Waals surface area (Å²) in [5.41, 5.74) is 8.86. The minimum Gasteiger partial charge on any atom is -0.324 e. The highest BCUT2D eigenvalue weighted by atomic mass is 32.2. The van der Waals surface area contributed by atoms with Gasteiger partial charge in [0.2, 0.25) is 10.0 Å². The number of aryl methyl sites for hydroxylation is 1. The molecule has 1 unspecified atom stereocenters. The van der Waals surface area contributed by atoms with Crippen LogP contribution in [0.25, 0.3) is 0 Å². The molecule has 5 heteroatoms. The van der Waals surface area contributed by atoms with Crippen molar-refractivity contribution in [2.75, 3.05) is 10.8 Å². The number of sulfonamides is 1. The molecule has 2 rings (SSSR count). The molecule has 112 valence electrons. The first kappa shape index (κ1) is 15.3. The first-order valence-electron chi connectivity index (χ1n) is 7.05. The molecule has 0 fully saturated rings. The van der Waals surface area contributed by atoms with Crippen molar-refractivity contribution < 1.29 is 8.42 Å². The molecule has 0 spiro atoms. The molecule has 20 heavy (non-hydrogen) atoms. The molecule has 0 aliphatic carbocycles. The third kappa shape index (κ3) is 2.56. The van der Waals surface area contributed by atoms with E-state index in [2.05, 4.69) is 0 Å². The fraction of sp³-hybridized carbons (Fsp3) is 0.600. The van der Waals surface area contributed by atoms with Crippen molar-refractivity contribution in [3.63, 3.8) is 0 Å². The molecule has 0 saturated carbocycles. The number of anilines is 1. The summed E-state index contributed by atoms with van der Waals surface area (Å²) in [7, 11) is -3.34. The van der Waals surface area contributed by atoms with Gasteiger partial charge in [0.05, 0.1) is 10.4 Å². The summed E-state index contributed by atoms with van der Waals surface area (Å²) >= 11 is 0. The van der Waals surface area contributed by atoms with Gasteiger partial charge in [-0.05, 0) is 57.7 Å². The molecule has 1 aliphatic rings. The summed E-state index contributed by atoms with van der Waals surface area (Å²) in [6.45, 7) is 7.73. The lowest BCUT2D eigenvalue weighted by Gasteiger charge is -2.35. The number of rotatable bonds is 2. The van der Waals surface area contributed by atoms with Crippen LogP contribution in [-0.4, -0.2) is 19.7 Å². The molecular weight excluding hydrogens is 272 g/mol. The zero-order chi connectivity index (χ0) is 15.1. The second-order valence-corrected chi connectivity index (χ2v) is 9.09. The van der Waals surface area contributed by atoms with Crippen LogP contribution < -0.4 is 10.0 Å². The quantitative estimate of drug-likeness (QED) is 0.912. The Labute approximate surface area is 122 Å². The van der Waals surface area contributed by atoms with Crippen LogP contribution in [0.3, 0.4) is 0 Å². The molecule has 1 aromatic carbocycles. The first-order valence-corrected chi connectivity index (χ1v) is 8.49. The largest absolute Gasteiger partial charge is 0.324 e. The van der Waals surface area contributed by atoms with Gasteiger partial charge in [0.1, 0.15) is 0 Å². The van der Waals surface area contributed by atoms with E-state index in [-0.39, 0.29) is 6.04 Å².